The molecule has 0 unspecified atom stereocenters. The number of nitrogens with zero attached hydrogens (tertiary/aromatic N) is 7. The van der Waals surface area contributed by atoms with E-state index in [0.29, 0.717) is 6.54 Å². The van der Waals surface area contributed by atoms with Gasteiger partial charge in [0.1, 0.15) is 17.6 Å². The van der Waals surface area contributed by atoms with Crippen molar-refractivity contribution < 1.29 is 0 Å². The van der Waals surface area contributed by atoms with Gasteiger partial charge in [0.15, 0.2) is 11.6 Å². The number of aryl methyl sites for hydroxylation is 1. The van der Waals surface area contributed by atoms with Crippen LogP contribution in [0.2, 0.25) is 0 Å². The topological polar surface area (TPSA) is 74.3 Å². The molecule has 7 heteroatoms. The maximum atomic E-state index is 4.71. The summed E-state index contributed by atoms with van der Waals surface area (Å²) in [7, 11) is 0. The summed E-state index contributed by atoms with van der Waals surface area (Å²) in [6.45, 7) is 6.59. The maximum Gasteiger partial charge on any atom is 0.156 e. The third-order valence-electron chi connectivity index (χ3n) is 3.94. The van der Waals surface area contributed by atoms with Gasteiger partial charge in [-0.15, -0.1) is 0 Å². The molecule has 25 heavy (non-hydrogen) atoms. The van der Waals surface area contributed by atoms with Crippen molar-refractivity contribution in [3.05, 3.63) is 59.9 Å². The van der Waals surface area contributed by atoms with Crippen molar-refractivity contribution in [2.45, 2.75) is 33.2 Å². The zero-order valence-electron chi connectivity index (χ0n) is 14.5. The second-order valence-corrected chi connectivity index (χ2v) is 6.33. The fourth-order valence-electron chi connectivity index (χ4n) is 2.68. The Balaban J connectivity index is 1.77. The predicted octanol–water partition coefficient (Wildman–Crippen LogP) is 2.89. The van der Waals surface area contributed by atoms with Crippen LogP contribution in [-0.4, -0.2) is 34.7 Å². The highest BCUT2D eigenvalue weighted by Crippen LogP contribution is 2.16. The van der Waals surface area contributed by atoms with E-state index >= 15 is 0 Å². The van der Waals surface area contributed by atoms with Crippen LogP contribution in [0.15, 0.2) is 42.6 Å². The van der Waals surface area contributed by atoms with E-state index in [1.165, 1.54) is 0 Å². The van der Waals surface area contributed by atoms with Crippen molar-refractivity contribution in [3.63, 3.8) is 0 Å². The standard InChI is InChI=1S/C18H19N7/c1-12(2)18-20-17(25(23-18)14-8-9-19-13(3)10-14)11-24-21-15-6-4-5-7-16(15)22-24/h4-10,12H,11H2,1-3H3. The lowest BCUT2D eigenvalue weighted by Gasteiger charge is -2.06. The Morgan fingerprint density at radius 1 is 1.00 bits per heavy atom. The lowest BCUT2D eigenvalue weighted by Crippen LogP contribution is -2.11. The van der Waals surface area contributed by atoms with Gasteiger partial charge >= 0.3 is 0 Å². The lowest BCUT2D eigenvalue weighted by molar-refractivity contribution is 0.567. The summed E-state index contributed by atoms with van der Waals surface area (Å²) in [5, 5.41) is 13.7. The minimum atomic E-state index is 0.243. The molecule has 0 aliphatic heterocycles. The van der Waals surface area contributed by atoms with Gasteiger partial charge in [-0.3, -0.25) is 4.98 Å². The minimum Gasteiger partial charge on any atom is -0.261 e. The van der Waals surface area contributed by atoms with Gasteiger partial charge in [-0.25, -0.2) is 9.67 Å². The normalized spacial score (nSPS) is 11.5. The zero-order chi connectivity index (χ0) is 17.4. The van der Waals surface area contributed by atoms with E-state index in [4.69, 9.17) is 4.98 Å². The van der Waals surface area contributed by atoms with Crippen molar-refractivity contribution in [1.29, 1.82) is 0 Å². The largest absolute Gasteiger partial charge is 0.261 e. The smallest absolute Gasteiger partial charge is 0.156 e. The Morgan fingerprint density at radius 2 is 1.72 bits per heavy atom. The zero-order valence-corrected chi connectivity index (χ0v) is 14.5. The molecule has 0 saturated heterocycles. The van der Waals surface area contributed by atoms with Crippen molar-refractivity contribution >= 4 is 11.0 Å². The van der Waals surface area contributed by atoms with Gasteiger partial charge in [0.25, 0.3) is 0 Å². The molecule has 3 heterocycles. The number of rotatable bonds is 4. The Hall–Kier alpha value is -3.09. The van der Waals surface area contributed by atoms with Crippen molar-refractivity contribution in [2.24, 2.45) is 0 Å². The van der Waals surface area contributed by atoms with E-state index in [1.54, 1.807) is 11.0 Å². The molecular formula is C18H19N7. The molecule has 0 aliphatic carbocycles. The molecule has 3 aromatic heterocycles. The van der Waals surface area contributed by atoms with Crippen LogP contribution in [0.4, 0.5) is 0 Å². The van der Waals surface area contributed by atoms with Gasteiger partial charge < -0.3 is 0 Å². The molecule has 1 aromatic carbocycles. The summed E-state index contributed by atoms with van der Waals surface area (Å²) >= 11 is 0. The maximum absolute atomic E-state index is 4.71. The van der Waals surface area contributed by atoms with Gasteiger partial charge in [0.2, 0.25) is 0 Å². The SMILES string of the molecule is Cc1cc(-n2nc(C(C)C)nc2Cn2nc3ccccc3n2)ccn1. The van der Waals surface area contributed by atoms with Crippen LogP contribution in [0, 0.1) is 6.92 Å². The molecule has 0 amide bonds. The molecule has 4 aromatic rings. The van der Waals surface area contributed by atoms with Gasteiger partial charge in [0.05, 0.1) is 5.69 Å². The van der Waals surface area contributed by atoms with E-state index in [2.05, 4.69) is 34.1 Å². The molecule has 0 spiro atoms. The van der Waals surface area contributed by atoms with Gasteiger partial charge in [-0.2, -0.15) is 20.1 Å². The number of hydrogen-bond donors (Lipinski definition) is 0. The number of benzene rings is 1. The summed E-state index contributed by atoms with van der Waals surface area (Å²) in [4.78, 5) is 10.6. The summed E-state index contributed by atoms with van der Waals surface area (Å²) in [5.41, 5.74) is 3.63. The summed E-state index contributed by atoms with van der Waals surface area (Å²) in [6, 6.07) is 11.8. The Kier molecular flexibility index (Phi) is 3.76. The molecular weight excluding hydrogens is 314 g/mol. The molecule has 7 nitrogen and oxygen atoms in total. The molecule has 0 fully saturated rings. The molecule has 0 atom stereocenters. The molecule has 0 bridgehead atoms. The van der Waals surface area contributed by atoms with Crippen LogP contribution in [0.25, 0.3) is 16.7 Å². The monoisotopic (exact) mass is 333 g/mol. The first kappa shape index (κ1) is 15.4. The van der Waals surface area contributed by atoms with Gasteiger partial charge in [0, 0.05) is 17.8 Å². The first-order valence-corrected chi connectivity index (χ1v) is 8.29. The second-order valence-electron chi connectivity index (χ2n) is 6.33. The van der Waals surface area contributed by atoms with Crippen LogP contribution in [0.3, 0.4) is 0 Å². The number of fused-ring (bicyclic) bond motifs is 1. The first-order valence-electron chi connectivity index (χ1n) is 8.29. The third kappa shape index (κ3) is 3.00. The second kappa shape index (κ2) is 6.08. The van der Waals surface area contributed by atoms with E-state index < -0.39 is 0 Å². The molecule has 0 N–H and O–H groups in total. The number of hydrogen-bond acceptors (Lipinski definition) is 5. The third-order valence-corrected chi connectivity index (χ3v) is 3.94. The van der Waals surface area contributed by atoms with Crippen molar-refractivity contribution in [2.75, 3.05) is 0 Å². The van der Waals surface area contributed by atoms with Crippen molar-refractivity contribution in [1.82, 2.24) is 34.7 Å². The molecule has 0 aliphatic rings. The predicted molar refractivity (Wildman–Crippen MR) is 94.6 cm³/mol. The number of pyridine rings is 1. The van der Waals surface area contributed by atoms with E-state index in [9.17, 15) is 0 Å². The van der Waals surface area contributed by atoms with Gasteiger partial charge in [-0.1, -0.05) is 26.0 Å². The van der Waals surface area contributed by atoms with E-state index in [-0.39, 0.29) is 5.92 Å². The Morgan fingerprint density at radius 3 is 2.36 bits per heavy atom. The molecule has 126 valence electrons. The van der Waals surface area contributed by atoms with Gasteiger partial charge in [-0.05, 0) is 31.2 Å². The quantitative estimate of drug-likeness (QED) is 0.574. The molecule has 4 rings (SSSR count). The van der Waals surface area contributed by atoms with E-state index in [1.807, 2.05) is 48.0 Å². The van der Waals surface area contributed by atoms with Crippen LogP contribution in [0.1, 0.15) is 37.1 Å². The first-order chi connectivity index (χ1) is 12.1. The lowest BCUT2D eigenvalue weighted by atomic mass is 10.2. The Bertz CT molecular complexity index is 996. The average molecular weight is 333 g/mol. The molecule has 0 radical (unpaired) electrons. The summed E-state index contributed by atoms with van der Waals surface area (Å²) in [6.07, 6.45) is 1.78. The highest BCUT2D eigenvalue weighted by Gasteiger charge is 2.16. The summed E-state index contributed by atoms with van der Waals surface area (Å²) < 4.78 is 1.86. The van der Waals surface area contributed by atoms with Crippen LogP contribution in [0.5, 0.6) is 0 Å². The highest BCUT2D eigenvalue weighted by molar-refractivity contribution is 5.72. The van der Waals surface area contributed by atoms with Crippen molar-refractivity contribution in [3.8, 4) is 5.69 Å². The minimum absolute atomic E-state index is 0.243. The Labute approximate surface area is 145 Å². The number of aromatic nitrogens is 7. The summed E-state index contributed by atoms with van der Waals surface area (Å²) in [5.74, 6) is 1.85. The van der Waals surface area contributed by atoms with E-state index in [0.717, 1.165) is 34.1 Å². The average Bonchev–Trinajstić information content (AvgIpc) is 3.18. The molecule has 0 saturated carbocycles. The fourth-order valence-corrected chi connectivity index (χ4v) is 2.68. The highest BCUT2D eigenvalue weighted by atomic mass is 15.5. The van der Waals surface area contributed by atoms with Crippen LogP contribution in [-0.2, 0) is 6.54 Å². The van der Waals surface area contributed by atoms with Crippen LogP contribution < -0.4 is 0 Å². The fraction of sp³-hybridized carbons (Fsp3) is 0.278. The van der Waals surface area contributed by atoms with Crippen LogP contribution >= 0.6 is 0 Å².